The van der Waals surface area contributed by atoms with Crippen LogP contribution in [0.5, 0.6) is 0 Å². The zero-order chi connectivity index (χ0) is 12.0. The van der Waals surface area contributed by atoms with Crippen LogP contribution in [0.3, 0.4) is 0 Å². The molecule has 0 saturated carbocycles. The lowest BCUT2D eigenvalue weighted by Crippen LogP contribution is -2.03. The van der Waals surface area contributed by atoms with E-state index in [1.54, 1.807) is 24.3 Å². The molecule has 0 aromatic heterocycles. The predicted molar refractivity (Wildman–Crippen MR) is 64.2 cm³/mol. The van der Waals surface area contributed by atoms with Gasteiger partial charge in [0, 0.05) is 10.5 Å². The van der Waals surface area contributed by atoms with Crippen LogP contribution in [0.2, 0.25) is 0 Å². The number of methoxy groups -OCH3 is 1. The van der Waals surface area contributed by atoms with Crippen LogP contribution in [-0.2, 0) is 9.53 Å². The zero-order valence-corrected chi connectivity index (χ0v) is 10.3. The molecule has 0 spiro atoms. The molecule has 0 aliphatic rings. The average Bonchev–Trinajstić information content (AvgIpc) is 2.35. The molecule has 1 aromatic carbocycles. The molecule has 0 fully saturated rings. The van der Waals surface area contributed by atoms with Crippen molar-refractivity contribution in [3.8, 4) is 0 Å². The SMILES string of the molecule is COC(=O)CSc1ccc(C(=O)CCl)cc1. The number of carbonyl (C=O) groups is 2. The van der Waals surface area contributed by atoms with E-state index in [-0.39, 0.29) is 23.4 Å². The van der Waals surface area contributed by atoms with Crippen LogP contribution < -0.4 is 0 Å². The molecular formula is C11H11ClO3S. The first-order valence-electron chi connectivity index (χ1n) is 4.56. The van der Waals surface area contributed by atoms with Crippen LogP contribution >= 0.6 is 23.4 Å². The second kappa shape index (κ2) is 6.55. The number of benzene rings is 1. The third-order valence-electron chi connectivity index (χ3n) is 1.88. The van der Waals surface area contributed by atoms with Crippen LogP contribution in [-0.4, -0.2) is 30.5 Å². The van der Waals surface area contributed by atoms with Gasteiger partial charge in [-0.15, -0.1) is 23.4 Å². The highest BCUT2D eigenvalue weighted by Crippen LogP contribution is 2.18. The lowest BCUT2D eigenvalue weighted by Gasteiger charge is -2.01. The van der Waals surface area contributed by atoms with Gasteiger partial charge in [0.2, 0.25) is 0 Å². The molecular weight excluding hydrogens is 248 g/mol. The molecule has 0 N–H and O–H groups in total. The molecule has 0 heterocycles. The number of alkyl halides is 1. The Morgan fingerprint density at radius 3 is 2.44 bits per heavy atom. The number of ether oxygens (including phenoxy) is 1. The lowest BCUT2D eigenvalue weighted by molar-refractivity contribution is -0.137. The van der Waals surface area contributed by atoms with Crippen molar-refractivity contribution < 1.29 is 14.3 Å². The molecule has 86 valence electrons. The molecule has 0 atom stereocenters. The second-order valence-corrected chi connectivity index (χ2v) is 4.26. The number of Topliss-reactive ketones (excluding diaryl/α,β-unsaturated/α-hetero) is 1. The molecule has 0 amide bonds. The Kier molecular flexibility index (Phi) is 5.35. The minimum Gasteiger partial charge on any atom is -0.468 e. The number of hydrogen-bond donors (Lipinski definition) is 0. The summed E-state index contributed by atoms with van der Waals surface area (Å²) in [7, 11) is 1.35. The highest BCUT2D eigenvalue weighted by Gasteiger charge is 2.05. The third-order valence-corrected chi connectivity index (χ3v) is 3.11. The van der Waals surface area contributed by atoms with Gasteiger partial charge in [0.15, 0.2) is 5.78 Å². The first-order chi connectivity index (χ1) is 7.67. The van der Waals surface area contributed by atoms with Crippen molar-refractivity contribution in [2.24, 2.45) is 0 Å². The minimum absolute atomic E-state index is 0.0192. The molecule has 3 nitrogen and oxygen atoms in total. The van der Waals surface area contributed by atoms with E-state index < -0.39 is 0 Å². The quantitative estimate of drug-likeness (QED) is 0.352. The van der Waals surface area contributed by atoms with E-state index in [2.05, 4.69) is 4.74 Å². The summed E-state index contributed by atoms with van der Waals surface area (Å²) in [5.41, 5.74) is 0.581. The van der Waals surface area contributed by atoms with Gasteiger partial charge in [0.25, 0.3) is 0 Å². The molecule has 5 heteroatoms. The number of thioether (sulfide) groups is 1. The number of rotatable bonds is 5. The maximum absolute atomic E-state index is 11.2. The fourth-order valence-corrected chi connectivity index (χ4v) is 1.90. The van der Waals surface area contributed by atoms with Crippen molar-refractivity contribution in [1.29, 1.82) is 0 Å². The van der Waals surface area contributed by atoms with Crippen LogP contribution in [0.4, 0.5) is 0 Å². The Bertz CT molecular complexity index is 375. The molecule has 0 bridgehead atoms. The maximum Gasteiger partial charge on any atom is 0.315 e. The van der Waals surface area contributed by atoms with Gasteiger partial charge >= 0.3 is 5.97 Å². The van der Waals surface area contributed by atoms with E-state index >= 15 is 0 Å². The predicted octanol–water partition coefficient (Wildman–Crippen LogP) is 2.37. The lowest BCUT2D eigenvalue weighted by atomic mass is 10.1. The van der Waals surface area contributed by atoms with Gasteiger partial charge in [0.05, 0.1) is 18.7 Å². The van der Waals surface area contributed by atoms with Crippen molar-refractivity contribution >= 4 is 35.1 Å². The van der Waals surface area contributed by atoms with E-state index in [1.165, 1.54) is 18.9 Å². The highest BCUT2D eigenvalue weighted by atomic mass is 35.5. The van der Waals surface area contributed by atoms with Gasteiger partial charge in [-0.05, 0) is 12.1 Å². The Balaban J connectivity index is 2.58. The topological polar surface area (TPSA) is 43.4 Å². The summed E-state index contributed by atoms with van der Waals surface area (Å²) in [4.78, 5) is 23.0. The summed E-state index contributed by atoms with van der Waals surface area (Å²) in [6.07, 6.45) is 0. The Morgan fingerprint density at radius 2 is 1.94 bits per heavy atom. The Morgan fingerprint density at radius 1 is 1.31 bits per heavy atom. The van der Waals surface area contributed by atoms with Gasteiger partial charge in [0.1, 0.15) is 0 Å². The van der Waals surface area contributed by atoms with E-state index in [4.69, 9.17) is 11.6 Å². The van der Waals surface area contributed by atoms with E-state index in [0.717, 1.165) is 4.90 Å². The summed E-state index contributed by atoms with van der Waals surface area (Å²) in [6, 6.07) is 6.97. The number of halogens is 1. The number of hydrogen-bond acceptors (Lipinski definition) is 4. The molecule has 0 saturated heterocycles. The normalized spacial score (nSPS) is 9.88. The third kappa shape index (κ3) is 3.87. The molecule has 16 heavy (non-hydrogen) atoms. The zero-order valence-electron chi connectivity index (χ0n) is 8.73. The van der Waals surface area contributed by atoms with Gasteiger partial charge in [-0.25, -0.2) is 0 Å². The standard InChI is InChI=1S/C11H11ClO3S/c1-15-11(14)7-16-9-4-2-8(3-5-9)10(13)6-12/h2-5H,6-7H2,1H3. The first-order valence-corrected chi connectivity index (χ1v) is 6.08. The fourth-order valence-electron chi connectivity index (χ4n) is 1.02. The van der Waals surface area contributed by atoms with Crippen molar-refractivity contribution in [1.82, 2.24) is 0 Å². The van der Waals surface area contributed by atoms with Gasteiger partial charge in [-0.2, -0.15) is 0 Å². The molecule has 0 unspecified atom stereocenters. The van der Waals surface area contributed by atoms with Crippen molar-refractivity contribution in [2.45, 2.75) is 4.90 Å². The molecule has 0 aliphatic heterocycles. The fraction of sp³-hybridized carbons (Fsp3) is 0.273. The second-order valence-electron chi connectivity index (χ2n) is 2.95. The smallest absolute Gasteiger partial charge is 0.315 e. The molecule has 0 radical (unpaired) electrons. The van der Waals surface area contributed by atoms with E-state index in [9.17, 15) is 9.59 Å². The Labute approximate surface area is 103 Å². The monoisotopic (exact) mass is 258 g/mol. The minimum atomic E-state index is -0.272. The molecule has 1 aromatic rings. The van der Waals surface area contributed by atoms with Crippen LogP contribution in [0.15, 0.2) is 29.2 Å². The summed E-state index contributed by atoms with van der Waals surface area (Å²) in [5.74, 6) is -0.134. The Hall–Kier alpha value is -1.00. The molecule has 1 rings (SSSR count). The van der Waals surface area contributed by atoms with Gasteiger partial charge < -0.3 is 4.74 Å². The van der Waals surface area contributed by atoms with Crippen molar-refractivity contribution in [3.05, 3.63) is 29.8 Å². The van der Waals surface area contributed by atoms with E-state index in [1.807, 2.05) is 0 Å². The van der Waals surface area contributed by atoms with Crippen LogP contribution in [0.1, 0.15) is 10.4 Å². The summed E-state index contributed by atoms with van der Waals surface area (Å²) >= 11 is 6.79. The number of ketones is 1. The van der Waals surface area contributed by atoms with Crippen molar-refractivity contribution in [2.75, 3.05) is 18.7 Å². The largest absolute Gasteiger partial charge is 0.468 e. The van der Waals surface area contributed by atoms with E-state index in [0.29, 0.717) is 5.56 Å². The van der Waals surface area contributed by atoms with Crippen LogP contribution in [0.25, 0.3) is 0 Å². The van der Waals surface area contributed by atoms with Gasteiger partial charge in [-0.3, -0.25) is 9.59 Å². The molecule has 0 aliphatic carbocycles. The highest BCUT2D eigenvalue weighted by molar-refractivity contribution is 8.00. The van der Waals surface area contributed by atoms with Crippen LogP contribution in [0, 0.1) is 0 Å². The summed E-state index contributed by atoms with van der Waals surface area (Å²) in [5, 5.41) is 0. The first kappa shape index (κ1) is 13.1. The summed E-state index contributed by atoms with van der Waals surface area (Å²) < 4.78 is 4.52. The average molecular weight is 259 g/mol. The van der Waals surface area contributed by atoms with Gasteiger partial charge in [-0.1, -0.05) is 12.1 Å². The maximum atomic E-state index is 11.2. The van der Waals surface area contributed by atoms with Crippen molar-refractivity contribution in [3.63, 3.8) is 0 Å². The number of carbonyl (C=O) groups excluding carboxylic acids is 2. The summed E-state index contributed by atoms with van der Waals surface area (Å²) in [6.45, 7) is 0. The number of esters is 1.